The van der Waals surface area contributed by atoms with Crippen LogP contribution in [0.25, 0.3) is 6.08 Å². The highest BCUT2D eigenvalue weighted by Crippen LogP contribution is 2.08. The van der Waals surface area contributed by atoms with Crippen molar-refractivity contribution in [1.29, 1.82) is 0 Å². The molecule has 0 spiro atoms. The monoisotopic (exact) mass is 266 g/mol. The SMILES string of the molecule is Cc1ccccc1/C=C/C(=O)OCCc1ccccc1. The van der Waals surface area contributed by atoms with Gasteiger partial charge in [0.2, 0.25) is 0 Å². The van der Waals surface area contributed by atoms with Crippen molar-refractivity contribution < 1.29 is 9.53 Å². The van der Waals surface area contributed by atoms with E-state index in [1.807, 2.05) is 61.5 Å². The maximum atomic E-state index is 11.6. The summed E-state index contributed by atoms with van der Waals surface area (Å²) >= 11 is 0. The van der Waals surface area contributed by atoms with Crippen molar-refractivity contribution in [2.45, 2.75) is 13.3 Å². The van der Waals surface area contributed by atoms with Crippen molar-refractivity contribution in [3.63, 3.8) is 0 Å². The number of hydrogen-bond donors (Lipinski definition) is 0. The number of esters is 1. The molecule has 2 rings (SSSR count). The second-order valence-corrected chi connectivity index (χ2v) is 4.59. The molecule has 0 fully saturated rings. The van der Waals surface area contributed by atoms with E-state index in [0.717, 1.165) is 17.5 Å². The highest BCUT2D eigenvalue weighted by molar-refractivity contribution is 5.87. The Kier molecular flexibility index (Phi) is 5.13. The molecule has 20 heavy (non-hydrogen) atoms. The Morgan fingerprint density at radius 3 is 2.50 bits per heavy atom. The van der Waals surface area contributed by atoms with Gasteiger partial charge in [0.05, 0.1) is 6.61 Å². The van der Waals surface area contributed by atoms with Crippen LogP contribution in [0.5, 0.6) is 0 Å². The van der Waals surface area contributed by atoms with Gasteiger partial charge in [-0.1, -0.05) is 54.6 Å². The molecule has 0 aliphatic carbocycles. The van der Waals surface area contributed by atoms with Crippen LogP contribution in [0.2, 0.25) is 0 Å². The molecule has 2 heteroatoms. The quantitative estimate of drug-likeness (QED) is 0.608. The van der Waals surface area contributed by atoms with Crippen molar-refractivity contribution >= 4 is 12.0 Å². The molecule has 2 aromatic rings. The molecule has 0 aliphatic heterocycles. The molecule has 0 radical (unpaired) electrons. The van der Waals surface area contributed by atoms with E-state index in [9.17, 15) is 4.79 Å². The molecular formula is C18H18O2. The Morgan fingerprint density at radius 1 is 1.05 bits per heavy atom. The summed E-state index contributed by atoms with van der Waals surface area (Å²) in [4.78, 5) is 11.6. The lowest BCUT2D eigenvalue weighted by molar-refractivity contribution is -0.137. The highest BCUT2D eigenvalue weighted by Gasteiger charge is 1.99. The first-order chi connectivity index (χ1) is 9.75. The van der Waals surface area contributed by atoms with E-state index in [-0.39, 0.29) is 5.97 Å². The van der Waals surface area contributed by atoms with Crippen LogP contribution in [0.1, 0.15) is 16.7 Å². The van der Waals surface area contributed by atoms with Gasteiger partial charge in [-0.15, -0.1) is 0 Å². The van der Waals surface area contributed by atoms with E-state index in [4.69, 9.17) is 4.74 Å². The van der Waals surface area contributed by atoms with E-state index in [0.29, 0.717) is 6.61 Å². The molecule has 0 atom stereocenters. The maximum absolute atomic E-state index is 11.6. The second kappa shape index (κ2) is 7.29. The maximum Gasteiger partial charge on any atom is 0.330 e. The van der Waals surface area contributed by atoms with Crippen molar-refractivity contribution in [2.24, 2.45) is 0 Å². The smallest absolute Gasteiger partial charge is 0.330 e. The summed E-state index contributed by atoms with van der Waals surface area (Å²) in [6.45, 7) is 2.42. The fraction of sp³-hybridized carbons (Fsp3) is 0.167. The molecule has 0 bridgehead atoms. The van der Waals surface area contributed by atoms with Crippen molar-refractivity contribution in [1.82, 2.24) is 0 Å². The molecule has 102 valence electrons. The number of carbonyl (C=O) groups excluding carboxylic acids is 1. The summed E-state index contributed by atoms with van der Waals surface area (Å²) in [5.74, 6) is -0.302. The van der Waals surface area contributed by atoms with Crippen LogP contribution in [0, 0.1) is 6.92 Å². The number of hydrogen-bond acceptors (Lipinski definition) is 2. The predicted octanol–water partition coefficient (Wildman–Crippen LogP) is 3.79. The van der Waals surface area contributed by atoms with Crippen LogP contribution in [0.3, 0.4) is 0 Å². The lowest BCUT2D eigenvalue weighted by atomic mass is 10.1. The van der Waals surface area contributed by atoms with Crippen molar-refractivity contribution in [2.75, 3.05) is 6.61 Å². The lowest BCUT2D eigenvalue weighted by Gasteiger charge is -2.02. The zero-order chi connectivity index (χ0) is 14.2. The minimum Gasteiger partial charge on any atom is -0.462 e. The third-order valence-electron chi connectivity index (χ3n) is 3.07. The van der Waals surface area contributed by atoms with E-state index >= 15 is 0 Å². The molecule has 0 aliphatic rings. The third-order valence-corrected chi connectivity index (χ3v) is 3.07. The molecule has 0 heterocycles. The summed E-state index contributed by atoms with van der Waals surface area (Å²) in [5.41, 5.74) is 3.34. The summed E-state index contributed by atoms with van der Waals surface area (Å²) in [7, 11) is 0. The van der Waals surface area contributed by atoms with E-state index in [1.54, 1.807) is 6.08 Å². The minimum atomic E-state index is -0.302. The second-order valence-electron chi connectivity index (χ2n) is 4.59. The fourth-order valence-corrected chi connectivity index (χ4v) is 1.89. The molecular weight excluding hydrogens is 248 g/mol. The third kappa shape index (κ3) is 4.39. The Bertz CT molecular complexity index is 585. The number of ether oxygens (including phenoxy) is 1. The molecule has 0 N–H and O–H groups in total. The van der Waals surface area contributed by atoms with Crippen LogP contribution in [0.4, 0.5) is 0 Å². The van der Waals surface area contributed by atoms with Gasteiger partial charge in [-0.05, 0) is 29.7 Å². The largest absolute Gasteiger partial charge is 0.462 e. The van der Waals surface area contributed by atoms with Gasteiger partial charge < -0.3 is 4.74 Å². The molecule has 2 aromatic carbocycles. The molecule has 0 saturated heterocycles. The first kappa shape index (κ1) is 14.1. The molecule has 0 aromatic heterocycles. The average Bonchev–Trinajstić information content (AvgIpc) is 2.47. The van der Waals surface area contributed by atoms with Crippen LogP contribution in [-0.4, -0.2) is 12.6 Å². The van der Waals surface area contributed by atoms with E-state index in [1.165, 1.54) is 11.6 Å². The van der Waals surface area contributed by atoms with Gasteiger partial charge in [-0.2, -0.15) is 0 Å². The van der Waals surface area contributed by atoms with E-state index < -0.39 is 0 Å². The van der Waals surface area contributed by atoms with Gasteiger partial charge >= 0.3 is 5.97 Å². The zero-order valence-electron chi connectivity index (χ0n) is 11.6. The van der Waals surface area contributed by atoms with Crippen molar-refractivity contribution in [3.8, 4) is 0 Å². The topological polar surface area (TPSA) is 26.3 Å². The molecule has 2 nitrogen and oxygen atoms in total. The summed E-state index contributed by atoms with van der Waals surface area (Å²) in [5, 5.41) is 0. The number of rotatable bonds is 5. The van der Waals surface area contributed by atoms with Gasteiger partial charge in [0.15, 0.2) is 0 Å². The first-order valence-corrected chi connectivity index (χ1v) is 6.70. The van der Waals surface area contributed by atoms with Crippen LogP contribution >= 0.6 is 0 Å². The normalized spacial score (nSPS) is 10.7. The van der Waals surface area contributed by atoms with Gasteiger partial charge in [0.1, 0.15) is 0 Å². The van der Waals surface area contributed by atoms with E-state index in [2.05, 4.69) is 0 Å². The molecule has 0 unspecified atom stereocenters. The number of benzene rings is 2. The summed E-state index contributed by atoms with van der Waals surface area (Å²) < 4.78 is 5.18. The molecule has 0 saturated carbocycles. The van der Waals surface area contributed by atoms with Crippen LogP contribution in [-0.2, 0) is 16.0 Å². The standard InChI is InChI=1S/C18H18O2/c1-15-7-5-6-10-17(15)11-12-18(19)20-14-13-16-8-3-2-4-9-16/h2-12H,13-14H2,1H3/b12-11+. The van der Waals surface area contributed by atoms with Crippen LogP contribution in [0.15, 0.2) is 60.7 Å². The highest BCUT2D eigenvalue weighted by atomic mass is 16.5. The van der Waals surface area contributed by atoms with Crippen LogP contribution < -0.4 is 0 Å². The summed E-state index contributed by atoms with van der Waals surface area (Å²) in [6, 6.07) is 17.9. The Labute approximate surface area is 119 Å². The van der Waals surface area contributed by atoms with Gasteiger partial charge in [0, 0.05) is 12.5 Å². The van der Waals surface area contributed by atoms with Gasteiger partial charge in [-0.25, -0.2) is 4.79 Å². The Balaban J connectivity index is 1.80. The first-order valence-electron chi connectivity index (χ1n) is 6.70. The van der Waals surface area contributed by atoms with Crippen molar-refractivity contribution in [3.05, 3.63) is 77.4 Å². The zero-order valence-corrected chi connectivity index (χ0v) is 11.6. The van der Waals surface area contributed by atoms with Gasteiger partial charge in [-0.3, -0.25) is 0 Å². The average molecular weight is 266 g/mol. The predicted molar refractivity (Wildman–Crippen MR) is 81.3 cm³/mol. The summed E-state index contributed by atoms with van der Waals surface area (Å²) in [6.07, 6.45) is 4.01. The minimum absolute atomic E-state index is 0.302. The lowest BCUT2D eigenvalue weighted by Crippen LogP contribution is -2.04. The Hall–Kier alpha value is -2.35. The number of carbonyl (C=O) groups is 1. The molecule has 0 amide bonds. The van der Waals surface area contributed by atoms with Gasteiger partial charge in [0.25, 0.3) is 0 Å². The number of aryl methyl sites for hydroxylation is 1. The Morgan fingerprint density at radius 2 is 1.75 bits per heavy atom. The fourth-order valence-electron chi connectivity index (χ4n) is 1.89.